The smallest absolute Gasteiger partial charge is 0.276 e. The number of likely N-dealkylation sites (tertiary alicyclic amines) is 1. The van der Waals surface area contributed by atoms with Crippen molar-refractivity contribution in [2.24, 2.45) is 0 Å². The molecule has 0 spiro atoms. The van der Waals surface area contributed by atoms with Crippen molar-refractivity contribution in [2.45, 2.75) is 65.0 Å². The highest BCUT2D eigenvalue weighted by molar-refractivity contribution is 5.92. The van der Waals surface area contributed by atoms with E-state index in [-0.39, 0.29) is 17.4 Å². The van der Waals surface area contributed by atoms with Crippen LogP contribution in [0.1, 0.15) is 75.7 Å². The maximum absolute atomic E-state index is 13.1. The van der Waals surface area contributed by atoms with E-state index in [4.69, 9.17) is 4.98 Å². The fourth-order valence-corrected chi connectivity index (χ4v) is 4.12. The molecule has 1 unspecified atom stereocenters. The Hall–Kier alpha value is -2.70. The van der Waals surface area contributed by atoms with E-state index in [0.29, 0.717) is 18.3 Å². The van der Waals surface area contributed by atoms with Crippen LogP contribution >= 0.6 is 0 Å². The van der Waals surface area contributed by atoms with Gasteiger partial charge in [-0.1, -0.05) is 17.3 Å². The third-order valence-corrected chi connectivity index (χ3v) is 5.61. The molecular formula is C22H30N6O. The maximum atomic E-state index is 13.1. The number of aromatic nitrogens is 5. The van der Waals surface area contributed by atoms with Gasteiger partial charge in [0.1, 0.15) is 5.82 Å². The molecule has 1 aliphatic heterocycles. The molecule has 7 heteroatoms. The first-order chi connectivity index (χ1) is 13.8. The van der Waals surface area contributed by atoms with Gasteiger partial charge in [-0.2, -0.15) is 0 Å². The summed E-state index contributed by atoms with van der Waals surface area (Å²) >= 11 is 0. The minimum absolute atomic E-state index is 0.0441. The van der Waals surface area contributed by atoms with Crippen LogP contribution in [0.15, 0.2) is 30.5 Å². The standard InChI is InChI=1S/C22H30N6O/c1-15(2)28-19-11-7-6-10-17(19)23-20(28)16-9-8-12-26(13-16)21(29)18-14-27(25-24-18)22(3,4)5/h6-7,10-11,14-16H,8-9,12-13H2,1-5H3. The number of carbonyl (C=O) groups excluding carboxylic acids is 1. The molecule has 3 aromatic rings. The number of carbonyl (C=O) groups is 1. The van der Waals surface area contributed by atoms with Crippen molar-refractivity contribution >= 4 is 16.9 Å². The topological polar surface area (TPSA) is 68.8 Å². The minimum Gasteiger partial charge on any atom is -0.336 e. The second kappa shape index (κ2) is 7.28. The molecule has 3 heterocycles. The molecule has 0 N–H and O–H groups in total. The molecule has 7 nitrogen and oxygen atoms in total. The van der Waals surface area contributed by atoms with Crippen LogP contribution in [0, 0.1) is 0 Å². The van der Waals surface area contributed by atoms with E-state index < -0.39 is 0 Å². The van der Waals surface area contributed by atoms with Crippen LogP contribution in [0.2, 0.25) is 0 Å². The van der Waals surface area contributed by atoms with Crippen LogP contribution in [-0.2, 0) is 5.54 Å². The van der Waals surface area contributed by atoms with Gasteiger partial charge in [-0.15, -0.1) is 5.10 Å². The van der Waals surface area contributed by atoms with E-state index in [2.05, 4.69) is 46.9 Å². The zero-order valence-electron chi connectivity index (χ0n) is 18.0. The highest BCUT2D eigenvalue weighted by Gasteiger charge is 2.31. The normalized spacial score (nSPS) is 18.0. The molecule has 0 aliphatic carbocycles. The van der Waals surface area contributed by atoms with E-state index in [1.807, 2.05) is 31.7 Å². The van der Waals surface area contributed by atoms with Crippen LogP contribution in [0.25, 0.3) is 11.0 Å². The Morgan fingerprint density at radius 3 is 2.66 bits per heavy atom. The van der Waals surface area contributed by atoms with Crippen LogP contribution in [0.4, 0.5) is 0 Å². The van der Waals surface area contributed by atoms with Crippen molar-refractivity contribution in [3.05, 3.63) is 42.0 Å². The fourth-order valence-electron chi connectivity index (χ4n) is 4.12. The highest BCUT2D eigenvalue weighted by Crippen LogP contribution is 2.32. The molecule has 0 saturated carbocycles. The first-order valence-electron chi connectivity index (χ1n) is 10.4. The Kier molecular flexibility index (Phi) is 4.92. The zero-order valence-corrected chi connectivity index (χ0v) is 18.0. The molecule has 154 valence electrons. The second-order valence-corrected chi connectivity index (χ2v) is 9.23. The summed E-state index contributed by atoms with van der Waals surface area (Å²) in [5.41, 5.74) is 2.40. The van der Waals surface area contributed by atoms with Crippen LogP contribution in [0.5, 0.6) is 0 Å². The van der Waals surface area contributed by atoms with Gasteiger partial charge in [-0.25, -0.2) is 9.67 Å². The summed E-state index contributed by atoms with van der Waals surface area (Å²) in [6.07, 6.45) is 3.76. The Bertz CT molecular complexity index is 1030. The van der Waals surface area contributed by atoms with Gasteiger partial charge < -0.3 is 9.47 Å². The van der Waals surface area contributed by atoms with Crippen molar-refractivity contribution in [1.82, 2.24) is 29.4 Å². The van der Waals surface area contributed by atoms with Gasteiger partial charge in [0.15, 0.2) is 5.69 Å². The van der Waals surface area contributed by atoms with E-state index in [1.165, 1.54) is 0 Å². The summed E-state index contributed by atoms with van der Waals surface area (Å²) in [5.74, 6) is 1.26. The minimum atomic E-state index is -0.196. The van der Waals surface area contributed by atoms with E-state index >= 15 is 0 Å². The van der Waals surface area contributed by atoms with E-state index in [9.17, 15) is 4.79 Å². The summed E-state index contributed by atoms with van der Waals surface area (Å²) in [5, 5.41) is 8.29. The average Bonchev–Trinajstić information content (AvgIpc) is 3.32. The highest BCUT2D eigenvalue weighted by atomic mass is 16.2. The Balaban J connectivity index is 1.61. The number of hydrogen-bond donors (Lipinski definition) is 0. The lowest BCUT2D eigenvalue weighted by molar-refractivity contribution is 0.0697. The van der Waals surface area contributed by atoms with Gasteiger partial charge in [0.25, 0.3) is 5.91 Å². The number of hydrogen-bond acceptors (Lipinski definition) is 4. The maximum Gasteiger partial charge on any atom is 0.276 e. The summed E-state index contributed by atoms with van der Waals surface area (Å²) in [6, 6.07) is 8.59. The van der Waals surface area contributed by atoms with Crippen molar-refractivity contribution in [3.63, 3.8) is 0 Å². The molecule has 1 aromatic carbocycles. The molecular weight excluding hydrogens is 364 g/mol. The molecule has 0 bridgehead atoms. The number of rotatable bonds is 3. The van der Waals surface area contributed by atoms with Gasteiger partial charge in [-0.3, -0.25) is 4.79 Å². The second-order valence-electron chi connectivity index (χ2n) is 9.23. The number of piperidine rings is 1. The number of para-hydroxylation sites is 2. The first-order valence-corrected chi connectivity index (χ1v) is 10.4. The van der Waals surface area contributed by atoms with Crippen molar-refractivity contribution in [2.75, 3.05) is 13.1 Å². The molecule has 0 radical (unpaired) electrons. The number of imidazole rings is 1. The average molecular weight is 395 g/mol. The van der Waals surface area contributed by atoms with Gasteiger partial charge in [0.05, 0.1) is 22.8 Å². The van der Waals surface area contributed by atoms with Crippen molar-refractivity contribution in [1.29, 1.82) is 0 Å². The first kappa shape index (κ1) is 19.6. The monoisotopic (exact) mass is 394 g/mol. The van der Waals surface area contributed by atoms with Crippen molar-refractivity contribution in [3.8, 4) is 0 Å². The summed E-state index contributed by atoms with van der Waals surface area (Å²) in [6.45, 7) is 11.9. The quantitative estimate of drug-likeness (QED) is 0.674. The largest absolute Gasteiger partial charge is 0.336 e. The summed E-state index contributed by atoms with van der Waals surface area (Å²) in [4.78, 5) is 20.0. The molecule has 4 rings (SSSR count). The third kappa shape index (κ3) is 3.66. The van der Waals surface area contributed by atoms with Crippen LogP contribution in [0.3, 0.4) is 0 Å². The third-order valence-electron chi connectivity index (χ3n) is 5.61. The van der Waals surface area contributed by atoms with E-state index in [0.717, 1.165) is 36.2 Å². The molecule has 1 fully saturated rings. The summed E-state index contributed by atoms with van der Waals surface area (Å²) < 4.78 is 4.07. The van der Waals surface area contributed by atoms with Gasteiger partial charge in [0, 0.05) is 25.0 Å². The van der Waals surface area contributed by atoms with Crippen LogP contribution < -0.4 is 0 Å². The molecule has 1 aliphatic rings. The SMILES string of the molecule is CC(C)n1c(C2CCCN(C(=O)c3cn(C(C)(C)C)nn3)C2)nc2ccccc21. The predicted molar refractivity (Wildman–Crippen MR) is 113 cm³/mol. The molecule has 1 saturated heterocycles. The van der Waals surface area contributed by atoms with Gasteiger partial charge >= 0.3 is 0 Å². The number of amides is 1. The molecule has 2 aromatic heterocycles. The Morgan fingerprint density at radius 1 is 1.21 bits per heavy atom. The van der Waals surface area contributed by atoms with Gasteiger partial charge in [-0.05, 0) is 59.6 Å². The molecule has 1 atom stereocenters. The number of nitrogens with zero attached hydrogens (tertiary/aromatic N) is 6. The lowest BCUT2D eigenvalue weighted by Gasteiger charge is -2.32. The van der Waals surface area contributed by atoms with Crippen LogP contribution in [-0.4, -0.2) is 48.4 Å². The van der Waals surface area contributed by atoms with E-state index in [1.54, 1.807) is 10.9 Å². The number of fused-ring (bicyclic) bond motifs is 1. The predicted octanol–water partition coefficient (Wildman–Crippen LogP) is 3.98. The zero-order chi connectivity index (χ0) is 20.8. The molecule has 1 amide bonds. The van der Waals surface area contributed by atoms with Crippen molar-refractivity contribution < 1.29 is 4.79 Å². The summed E-state index contributed by atoms with van der Waals surface area (Å²) in [7, 11) is 0. The Morgan fingerprint density at radius 2 is 1.97 bits per heavy atom. The lowest BCUT2D eigenvalue weighted by Crippen LogP contribution is -2.40. The molecule has 29 heavy (non-hydrogen) atoms. The Labute approximate surface area is 171 Å². The lowest BCUT2D eigenvalue weighted by atomic mass is 9.96. The number of benzene rings is 1. The van der Waals surface area contributed by atoms with Gasteiger partial charge in [0.2, 0.25) is 0 Å². The fraction of sp³-hybridized carbons (Fsp3) is 0.545.